The molecule has 0 spiro atoms. The van der Waals surface area contributed by atoms with E-state index in [1.54, 1.807) is 33.5 Å². The fourth-order valence-corrected chi connectivity index (χ4v) is 14.2. The molecule has 141 heavy (non-hydrogen) atoms. The third-order valence-electron chi connectivity index (χ3n) is 23.6. The number of non-ortho nitro benzene ring substituents is 1. The standard InChI is InChI=1S/C13H19NO.C13H20O.C12H18O.C12H16.2C11H16O.C11H16.C11H14.2C10H14.C9H11NO2.C9H12/c1-11(2)12-3-5-13(6-4-12)14-7-9-15-10-8-14;1-4-5-10-14-13-8-6-12(7-9-13)11(2)3;1-8(2)11-6-9(3)10(4)12(7-11)13-5;1-10(2)4-7-12-8-5-11(3)6-9-12;1-8(2)10-5-9(3)6-11(7-10)12-4;1-8(2)10-6-5-9(3)11(7-10)12-4;1-8(2)11-6-5-9(3)7-10(11)4;1-10(2)8-9-11-6-4-3-5-7-11;1-8(2)10-6-4-9(3)5-7-10;1-9(2)8-10-6-4-3-5-7-10;1-7(2)8-3-5-9(6-4-8)10(11)12;1-8(2)9-6-4-3-5-7-9/h3-6,11H,7-10H2,1-2H3;6-9,11H,4-5,10H2,1-3H3;6-8H,1-5H3;4-10H,1-3H3;2*5-8H,1-4H3;5-8H,1-4H3;3-10H,1-2H3;4-8H,1-3H3;3-7,9H,8H2,1-2H3;3-7H,1-2H3;3-8H,1-2H3/b;;;7-4+;;;;9-8+;;;;. The second-order valence-electron chi connectivity index (χ2n) is 40.7. The second-order valence-corrected chi connectivity index (χ2v) is 40.7. The molecule has 0 radical (unpaired) electrons. The summed E-state index contributed by atoms with van der Waals surface area (Å²) in [4.78, 5) is 12.3. The van der Waals surface area contributed by atoms with Gasteiger partial charge in [0.25, 0.3) is 5.69 Å². The van der Waals surface area contributed by atoms with Crippen LogP contribution in [0.2, 0.25) is 0 Å². The second kappa shape index (κ2) is 71.0. The normalized spacial score (nSPS) is 11.3. The summed E-state index contributed by atoms with van der Waals surface area (Å²) < 4.78 is 26.7. The molecule has 0 N–H and O–H groups in total. The summed E-state index contributed by atoms with van der Waals surface area (Å²) in [5.41, 5.74) is 28.1. The molecule has 1 fully saturated rings. The quantitative estimate of drug-likeness (QED) is 0.0336. The van der Waals surface area contributed by atoms with E-state index in [4.69, 9.17) is 23.7 Å². The predicted molar refractivity (Wildman–Crippen MR) is 618 cm³/mol. The van der Waals surface area contributed by atoms with Gasteiger partial charge < -0.3 is 28.6 Å². The number of aryl methyl sites for hydroxylation is 7. The highest BCUT2D eigenvalue weighted by molar-refractivity contribution is 5.52. The molecule has 9 nitrogen and oxygen atoms in total. The molecule has 12 aromatic rings. The molecule has 0 aliphatic carbocycles. The first-order valence-corrected chi connectivity index (χ1v) is 51.9. The monoisotopic (exact) mass is 1910 g/mol. The lowest BCUT2D eigenvalue weighted by atomic mass is 9.97. The van der Waals surface area contributed by atoms with Gasteiger partial charge >= 0.3 is 0 Å². The highest BCUT2D eigenvalue weighted by Crippen LogP contribution is 2.30. The van der Waals surface area contributed by atoms with Crippen molar-refractivity contribution < 1.29 is 28.6 Å². The number of benzene rings is 12. The molecule has 0 saturated carbocycles. The largest absolute Gasteiger partial charge is 0.497 e. The van der Waals surface area contributed by atoms with Crippen LogP contribution in [0.4, 0.5) is 11.4 Å². The van der Waals surface area contributed by atoms with Gasteiger partial charge in [-0.2, -0.15) is 0 Å². The van der Waals surface area contributed by atoms with Crippen LogP contribution in [-0.2, 0) is 11.2 Å². The Hall–Kier alpha value is -11.5. The van der Waals surface area contributed by atoms with Crippen LogP contribution in [0.25, 0.3) is 12.2 Å². The zero-order valence-electron chi connectivity index (χ0n) is 94.2. The van der Waals surface area contributed by atoms with Gasteiger partial charge in [0.2, 0.25) is 0 Å². The van der Waals surface area contributed by atoms with E-state index < -0.39 is 0 Å². The summed E-state index contributed by atoms with van der Waals surface area (Å²) >= 11 is 0. The van der Waals surface area contributed by atoms with E-state index >= 15 is 0 Å². The molecule has 766 valence electrons. The van der Waals surface area contributed by atoms with Crippen LogP contribution in [0.15, 0.2) is 291 Å². The Kier molecular flexibility index (Phi) is 63.2. The van der Waals surface area contributed by atoms with Crippen molar-refractivity contribution in [2.75, 3.05) is 59.1 Å². The van der Waals surface area contributed by atoms with Crippen molar-refractivity contribution in [1.82, 2.24) is 0 Å². The number of hydrogen-bond donors (Lipinski definition) is 0. The van der Waals surface area contributed by atoms with Crippen molar-refractivity contribution in [3.63, 3.8) is 0 Å². The van der Waals surface area contributed by atoms with Crippen LogP contribution in [-0.4, -0.2) is 59.2 Å². The van der Waals surface area contributed by atoms with Gasteiger partial charge in [0.15, 0.2) is 0 Å². The molecule has 0 bridgehead atoms. The summed E-state index contributed by atoms with van der Waals surface area (Å²) in [5.74, 6) is 11.3. The summed E-state index contributed by atoms with van der Waals surface area (Å²) in [6.45, 7) is 76.3. The van der Waals surface area contributed by atoms with Crippen molar-refractivity contribution >= 4 is 23.5 Å². The van der Waals surface area contributed by atoms with Gasteiger partial charge in [-0.05, 0) is 282 Å². The molecule has 0 unspecified atom stereocenters. The number of allylic oxidation sites excluding steroid dienone is 2. The summed E-state index contributed by atoms with van der Waals surface area (Å²) in [6.07, 6.45) is 12.3. The van der Waals surface area contributed by atoms with Crippen molar-refractivity contribution in [3.8, 4) is 23.0 Å². The number of anilines is 1. The number of nitro groups is 1. The SMILES string of the molecule is CC(C)/C=C/c1ccccc1.CC(C)Cc1ccccc1.CC(C)c1ccc(N2CCOCC2)cc1.CC(C)c1ccc([N+](=O)[O-])cc1.CC(C)c1ccccc1.CCCCOc1ccc(C(C)C)cc1.COc1cc(C(C)C)cc(C)c1C.COc1cc(C(C)C)ccc1C.COc1cc(C)cc(C(C)C)c1.Cc1ccc(/C=C/C(C)C)cc1.Cc1ccc(C(C)C)c(C)c1.Cc1ccc(C(C)C)cc1. The van der Waals surface area contributed by atoms with E-state index in [-0.39, 0.29) is 10.6 Å². The number of nitro benzene ring substituents is 1. The first-order valence-electron chi connectivity index (χ1n) is 51.9. The first-order chi connectivity index (χ1) is 66.8. The van der Waals surface area contributed by atoms with Gasteiger partial charge in [-0.1, -0.05) is 439 Å². The number of hydrogen-bond acceptors (Lipinski definition) is 8. The Morgan fingerprint density at radius 2 is 0.745 bits per heavy atom. The van der Waals surface area contributed by atoms with Crippen LogP contribution in [0.3, 0.4) is 0 Å². The molecule has 13 rings (SSSR count). The predicted octanol–water partition coefficient (Wildman–Crippen LogP) is 38.3. The molecule has 1 aliphatic rings. The molecule has 1 aliphatic heterocycles. The lowest BCUT2D eigenvalue weighted by Crippen LogP contribution is -2.36. The smallest absolute Gasteiger partial charge is 0.269 e. The van der Waals surface area contributed by atoms with Crippen molar-refractivity contribution in [2.24, 2.45) is 17.8 Å². The molecular weight excluding hydrogens is 1730 g/mol. The molecular formula is C132H186N2O7. The van der Waals surface area contributed by atoms with E-state index in [9.17, 15) is 10.1 Å². The molecule has 0 atom stereocenters. The zero-order chi connectivity index (χ0) is 106. The molecule has 1 saturated heterocycles. The van der Waals surface area contributed by atoms with Crippen LogP contribution in [0.5, 0.6) is 23.0 Å². The van der Waals surface area contributed by atoms with Crippen LogP contribution < -0.4 is 23.8 Å². The average Bonchev–Trinajstić information content (AvgIpc) is 0.475. The number of ether oxygens (including phenoxy) is 5. The number of nitrogens with zero attached hydrogens (tertiary/aromatic N) is 2. The first kappa shape index (κ1) is 126. The van der Waals surface area contributed by atoms with Crippen molar-refractivity contribution in [1.29, 1.82) is 0 Å². The summed E-state index contributed by atoms with van der Waals surface area (Å²) in [5, 5.41) is 10.3. The Bertz CT molecular complexity index is 5310. The van der Waals surface area contributed by atoms with E-state index in [1.807, 2.05) is 18.2 Å². The maximum absolute atomic E-state index is 10.3. The van der Waals surface area contributed by atoms with Gasteiger partial charge in [-0.15, -0.1) is 0 Å². The highest BCUT2D eigenvalue weighted by Gasteiger charge is 2.14. The Morgan fingerprint density at radius 1 is 0.348 bits per heavy atom. The van der Waals surface area contributed by atoms with E-state index in [2.05, 4.69) is 494 Å². The minimum atomic E-state index is -0.385. The molecule has 9 heteroatoms. The van der Waals surface area contributed by atoms with Crippen LogP contribution in [0, 0.1) is 83.3 Å². The number of unbranched alkanes of at least 4 members (excludes halogenated alkanes) is 1. The molecule has 1 heterocycles. The molecule has 0 amide bonds. The highest BCUT2D eigenvalue weighted by atomic mass is 16.6. The zero-order valence-corrected chi connectivity index (χ0v) is 94.2. The van der Waals surface area contributed by atoms with Gasteiger partial charge in [-0.3, -0.25) is 10.1 Å². The third-order valence-corrected chi connectivity index (χ3v) is 23.6. The topological polar surface area (TPSA) is 92.5 Å². The maximum Gasteiger partial charge on any atom is 0.269 e. The van der Waals surface area contributed by atoms with Gasteiger partial charge in [0.05, 0.1) is 46.1 Å². The van der Waals surface area contributed by atoms with Crippen molar-refractivity contribution in [2.45, 2.75) is 301 Å². The van der Waals surface area contributed by atoms with Crippen molar-refractivity contribution in [3.05, 3.63) is 413 Å². The maximum atomic E-state index is 10.3. The van der Waals surface area contributed by atoms with Gasteiger partial charge in [0.1, 0.15) is 23.0 Å². The lowest BCUT2D eigenvalue weighted by molar-refractivity contribution is -0.384. The van der Waals surface area contributed by atoms with E-state index in [0.717, 1.165) is 73.8 Å². The average molecular weight is 1910 g/mol. The summed E-state index contributed by atoms with van der Waals surface area (Å²) in [7, 11) is 5.15. The van der Waals surface area contributed by atoms with Crippen LogP contribution in [0.1, 0.15) is 350 Å². The van der Waals surface area contributed by atoms with E-state index in [0.29, 0.717) is 65.1 Å². The number of rotatable bonds is 24. The van der Waals surface area contributed by atoms with Gasteiger partial charge in [-0.25, -0.2) is 0 Å². The third kappa shape index (κ3) is 54.9. The van der Waals surface area contributed by atoms with Crippen LogP contribution >= 0.6 is 0 Å². The lowest BCUT2D eigenvalue weighted by Gasteiger charge is -2.29. The number of methoxy groups -OCH3 is 3. The Morgan fingerprint density at radius 3 is 1.16 bits per heavy atom. The fourth-order valence-electron chi connectivity index (χ4n) is 14.2. The molecule has 0 aromatic heterocycles. The fraction of sp³-hybridized carbons (Fsp3) is 0.424. The van der Waals surface area contributed by atoms with E-state index in [1.165, 1.54) is 136 Å². The Labute approximate surface area is 860 Å². The molecule has 12 aromatic carbocycles. The van der Waals surface area contributed by atoms with Gasteiger partial charge in [0, 0.05) is 30.9 Å². The minimum absolute atomic E-state index is 0.152. The Balaban J connectivity index is 0.000000521. The minimum Gasteiger partial charge on any atom is -0.497 e. The number of morpholine rings is 1. The summed E-state index contributed by atoms with van der Waals surface area (Å²) in [6, 6.07) is 96.5.